The van der Waals surface area contributed by atoms with Crippen LogP contribution in [0.2, 0.25) is 0 Å². The minimum absolute atomic E-state index is 0.0933. The first-order valence-corrected chi connectivity index (χ1v) is 6.34. The fourth-order valence-corrected chi connectivity index (χ4v) is 2.53. The fraction of sp³-hybridized carbons (Fsp3) is 0.875. The Kier molecular flexibility index (Phi) is 4.49. The number of ether oxygens (including phenoxy) is 2. The van der Waals surface area contributed by atoms with Gasteiger partial charge in [0.2, 0.25) is 10.0 Å². The zero-order chi connectivity index (χ0) is 11.3. The van der Waals surface area contributed by atoms with Crippen LogP contribution in [0.15, 0.2) is 0 Å². The molecule has 1 heterocycles. The molecule has 1 unspecified atom stereocenters. The van der Waals surface area contributed by atoms with Crippen LogP contribution in [-0.2, 0) is 24.3 Å². The number of sulfonamides is 1. The van der Waals surface area contributed by atoms with Crippen molar-refractivity contribution in [2.75, 3.05) is 26.0 Å². The molecule has 0 bridgehead atoms. The molecule has 0 aromatic rings. The van der Waals surface area contributed by atoms with Gasteiger partial charge < -0.3 is 9.47 Å². The van der Waals surface area contributed by atoms with Crippen LogP contribution < -0.4 is 4.72 Å². The van der Waals surface area contributed by atoms with Gasteiger partial charge in [-0.2, -0.15) is 0 Å². The summed E-state index contributed by atoms with van der Waals surface area (Å²) in [6.45, 7) is 0.280. The van der Waals surface area contributed by atoms with E-state index in [2.05, 4.69) is 9.46 Å². The fourth-order valence-electron chi connectivity index (χ4n) is 1.32. The summed E-state index contributed by atoms with van der Waals surface area (Å²) in [7, 11) is -2.24. The van der Waals surface area contributed by atoms with Crippen molar-refractivity contribution in [3.63, 3.8) is 0 Å². The third-order valence-electron chi connectivity index (χ3n) is 2.09. The van der Waals surface area contributed by atoms with Gasteiger partial charge in [-0.1, -0.05) is 0 Å². The lowest BCUT2D eigenvalue weighted by Crippen LogP contribution is -2.35. The number of hydrogen-bond acceptors (Lipinski definition) is 5. The molecule has 1 aliphatic rings. The van der Waals surface area contributed by atoms with Crippen LogP contribution in [0, 0.1) is 0 Å². The summed E-state index contributed by atoms with van der Waals surface area (Å²) in [5, 5.41) is 0. The highest BCUT2D eigenvalue weighted by atomic mass is 32.2. The van der Waals surface area contributed by atoms with Gasteiger partial charge >= 0.3 is 5.97 Å². The number of esters is 1. The molecular weight excluding hydrogens is 222 g/mol. The molecule has 6 nitrogen and oxygen atoms in total. The van der Waals surface area contributed by atoms with Crippen LogP contribution in [0.4, 0.5) is 0 Å². The molecule has 0 radical (unpaired) electrons. The molecule has 1 atom stereocenters. The maximum absolute atomic E-state index is 11.4. The summed E-state index contributed by atoms with van der Waals surface area (Å²) >= 11 is 0. The molecule has 1 saturated heterocycles. The molecule has 0 spiro atoms. The molecule has 1 fully saturated rings. The Hall–Kier alpha value is -0.660. The highest BCUT2D eigenvalue weighted by Crippen LogP contribution is 2.13. The van der Waals surface area contributed by atoms with E-state index in [9.17, 15) is 13.2 Å². The van der Waals surface area contributed by atoms with Crippen LogP contribution in [-0.4, -0.2) is 46.5 Å². The Morgan fingerprint density at radius 3 is 2.87 bits per heavy atom. The van der Waals surface area contributed by atoms with E-state index in [1.54, 1.807) is 0 Å². The maximum Gasteiger partial charge on any atom is 0.320 e. The van der Waals surface area contributed by atoms with Crippen molar-refractivity contribution >= 4 is 16.0 Å². The van der Waals surface area contributed by atoms with E-state index >= 15 is 0 Å². The van der Waals surface area contributed by atoms with E-state index in [-0.39, 0.29) is 18.4 Å². The molecule has 7 heteroatoms. The summed E-state index contributed by atoms with van der Waals surface area (Å²) in [5.41, 5.74) is 0. The largest absolute Gasteiger partial charge is 0.468 e. The van der Waals surface area contributed by atoms with Gasteiger partial charge in [0.25, 0.3) is 0 Å². The lowest BCUT2D eigenvalue weighted by atomic mass is 10.3. The summed E-state index contributed by atoms with van der Waals surface area (Å²) in [4.78, 5) is 10.7. The van der Waals surface area contributed by atoms with Crippen molar-refractivity contribution in [3.05, 3.63) is 0 Å². The van der Waals surface area contributed by atoms with Gasteiger partial charge in [0.1, 0.15) is 6.54 Å². The number of nitrogens with one attached hydrogen (secondary N) is 1. The Bertz CT molecular complexity index is 307. The molecule has 0 aliphatic carbocycles. The molecule has 0 amide bonds. The van der Waals surface area contributed by atoms with E-state index < -0.39 is 16.0 Å². The molecular formula is C8H15NO5S. The maximum atomic E-state index is 11.4. The number of carbonyl (C=O) groups excluding carboxylic acids is 1. The van der Waals surface area contributed by atoms with Crippen molar-refractivity contribution in [3.8, 4) is 0 Å². The quantitative estimate of drug-likeness (QED) is 0.637. The third kappa shape index (κ3) is 4.59. The number of carbonyl (C=O) groups is 1. The Labute approximate surface area is 89.0 Å². The van der Waals surface area contributed by atoms with E-state index in [0.29, 0.717) is 6.61 Å². The van der Waals surface area contributed by atoms with Crippen LogP contribution in [0.25, 0.3) is 0 Å². The summed E-state index contributed by atoms with van der Waals surface area (Å²) < 4.78 is 34.5. The van der Waals surface area contributed by atoms with Crippen molar-refractivity contribution in [1.82, 2.24) is 4.72 Å². The molecule has 1 aliphatic heterocycles. The monoisotopic (exact) mass is 237 g/mol. The van der Waals surface area contributed by atoms with Crippen LogP contribution in [0.1, 0.15) is 12.8 Å². The van der Waals surface area contributed by atoms with Crippen LogP contribution in [0.5, 0.6) is 0 Å². The smallest absolute Gasteiger partial charge is 0.320 e. The van der Waals surface area contributed by atoms with Gasteiger partial charge in [-0.15, -0.1) is 0 Å². The van der Waals surface area contributed by atoms with E-state index in [1.165, 1.54) is 7.11 Å². The van der Waals surface area contributed by atoms with Crippen molar-refractivity contribution in [1.29, 1.82) is 0 Å². The number of methoxy groups -OCH3 is 1. The van der Waals surface area contributed by atoms with Gasteiger partial charge in [0.05, 0.1) is 19.0 Å². The Morgan fingerprint density at radius 1 is 1.60 bits per heavy atom. The lowest BCUT2D eigenvalue weighted by Gasteiger charge is -2.10. The van der Waals surface area contributed by atoms with E-state index in [4.69, 9.17) is 4.74 Å². The van der Waals surface area contributed by atoms with Crippen molar-refractivity contribution in [2.24, 2.45) is 0 Å². The number of hydrogen-bond donors (Lipinski definition) is 1. The topological polar surface area (TPSA) is 81.7 Å². The zero-order valence-electron chi connectivity index (χ0n) is 8.56. The van der Waals surface area contributed by atoms with Gasteiger partial charge in [0.15, 0.2) is 0 Å². The van der Waals surface area contributed by atoms with E-state index in [1.807, 2.05) is 0 Å². The Morgan fingerprint density at radius 2 is 2.33 bits per heavy atom. The van der Waals surface area contributed by atoms with Gasteiger partial charge in [-0.05, 0) is 12.8 Å². The SMILES string of the molecule is COC(=O)CNS(=O)(=O)CC1CCCO1. The highest BCUT2D eigenvalue weighted by Gasteiger charge is 2.23. The second-order valence-corrected chi connectivity index (χ2v) is 5.17. The first-order chi connectivity index (χ1) is 7.03. The standard InChI is InChI=1S/C8H15NO5S/c1-13-8(10)5-9-15(11,12)6-7-3-2-4-14-7/h7,9H,2-6H2,1H3. The van der Waals surface area contributed by atoms with Gasteiger partial charge in [-0.25, -0.2) is 13.1 Å². The average Bonchev–Trinajstić information content (AvgIpc) is 2.66. The normalized spacial score (nSPS) is 21.5. The first kappa shape index (κ1) is 12.4. The minimum atomic E-state index is -3.45. The van der Waals surface area contributed by atoms with Crippen molar-refractivity contribution in [2.45, 2.75) is 18.9 Å². The Balaban J connectivity index is 2.34. The predicted octanol–water partition coefficient (Wildman–Crippen LogP) is -0.742. The first-order valence-electron chi connectivity index (χ1n) is 4.69. The molecule has 1 N–H and O–H groups in total. The second-order valence-electron chi connectivity index (χ2n) is 3.31. The van der Waals surface area contributed by atoms with Gasteiger partial charge in [0, 0.05) is 6.61 Å². The molecule has 0 aromatic carbocycles. The van der Waals surface area contributed by atoms with Gasteiger partial charge in [-0.3, -0.25) is 4.79 Å². The summed E-state index contributed by atoms with van der Waals surface area (Å²) in [5.74, 6) is -0.699. The van der Waals surface area contributed by atoms with Crippen molar-refractivity contribution < 1.29 is 22.7 Å². The average molecular weight is 237 g/mol. The lowest BCUT2D eigenvalue weighted by molar-refractivity contribution is -0.139. The molecule has 1 rings (SSSR count). The van der Waals surface area contributed by atoms with Crippen LogP contribution >= 0.6 is 0 Å². The molecule has 15 heavy (non-hydrogen) atoms. The zero-order valence-corrected chi connectivity index (χ0v) is 9.38. The highest BCUT2D eigenvalue weighted by molar-refractivity contribution is 7.89. The van der Waals surface area contributed by atoms with Crippen LogP contribution in [0.3, 0.4) is 0 Å². The summed E-state index contributed by atoms with van der Waals surface area (Å²) in [6.07, 6.45) is 1.39. The molecule has 88 valence electrons. The third-order valence-corrected chi connectivity index (χ3v) is 3.49. The summed E-state index contributed by atoms with van der Waals surface area (Å²) in [6, 6.07) is 0. The minimum Gasteiger partial charge on any atom is -0.468 e. The molecule has 0 aromatic heterocycles. The predicted molar refractivity (Wildman–Crippen MR) is 52.8 cm³/mol. The second kappa shape index (κ2) is 5.43. The molecule has 0 saturated carbocycles. The number of rotatable bonds is 5. The van der Waals surface area contributed by atoms with E-state index in [0.717, 1.165) is 12.8 Å².